The summed E-state index contributed by atoms with van der Waals surface area (Å²) in [4.78, 5) is 19.8. The Bertz CT molecular complexity index is 602. The van der Waals surface area contributed by atoms with Crippen LogP contribution in [0.4, 0.5) is 5.69 Å². The fourth-order valence-corrected chi connectivity index (χ4v) is 1.84. The van der Waals surface area contributed by atoms with Gasteiger partial charge in [0, 0.05) is 23.8 Å². The average molecular weight is 282 g/mol. The summed E-state index contributed by atoms with van der Waals surface area (Å²) in [5.74, 6) is -0.338. The van der Waals surface area contributed by atoms with Crippen LogP contribution >= 0.6 is 23.2 Å². The lowest BCUT2D eigenvalue weighted by molar-refractivity contribution is 0.102. The number of halogens is 2. The molecule has 4 nitrogen and oxygen atoms in total. The topological polar surface area (TPSA) is 54.9 Å². The zero-order chi connectivity index (χ0) is 13.1. The minimum atomic E-state index is -0.338. The average Bonchev–Trinajstić information content (AvgIpc) is 2.28. The fraction of sp³-hybridized carbons (Fsp3) is 0.0833. The molecule has 1 N–H and O–H groups in total. The first-order valence-electron chi connectivity index (χ1n) is 5.11. The van der Waals surface area contributed by atoms with Crippen molar-refractivity contribution in [3.8, 4) is 0 Å². The second-order valence-corrected chi connectivity index (χ2v) is 4.42. The molecule has 2 aromatic rings. The Morgan fingerprint density at radius 3 is 2.72 bits per heavy atom. The van der Waals surface area contributed by atoms with Crippen LogP contribution in [0.1, 0.15) is 16.1 Å². The molecule has 2 heterocycles. The van der Waals surface area contributed by atoms with Crippen LogP contribution < -0.4 is 5.32 Å². The lowest BCUT2D eigenvalue weighted by atomic mass is 10.2. The van der Waals surface area contributed by atoms with E-state index in [1.54, 1.807) is 25.1 Å². The van der Waals surface area contributed by atoms with Crippen molar-refractivity contribution in [1.29, 1.82) is 0 Å². The molecule has 0 saturated carbocycles. The third kappa shape index (κ3) is 2.97. The second kappa shape index (κ2) is 5.33. The lowest BCUT2D eigenvalue weighted by Crippen LogP contribution is -2.13. The van der Waals surface area contributed by atoms with E-state index < -0.39 is 0 Å². The molecule has 0 spiro atoms. The van der Waals surface area contributed by atoms with Crippen molar-refractivity contribution < 1.29 is 4.79 Å². The van der Waals surface area contributed by atoms with Crippen LogP contribution in [0.5, 0.6) is 0 Å². The number of pyridine rings is 2. The van der Waals surface area contributed by atoms with Gasteiger partial charge in [0.15, 0.2) is 0 Å². The molecule has 0 saturated heterocycles. The highest BCUT2D eigenvalue weighted by Crippen LogP contribution is 2.18. The van der Waals surface area contributed by atoms with E-state index in [1.807, 2.05) is 0 Å². The van der Waals surface area contributed by atoms with Crippen molar-refractivity contribution in [3.05, 3.63) is 52.0 Å². The second-order valence-electron chi connectivity index (χ2n) is 3.63. The maximum Gasteiger partial charge on any atom is 0.258 e. The molecule has 1 amide bonds. The molecule has 2 rings (SSSR count). The van der Waals surface area contributed by atoms with Gasteiger partial charge in [0.05, 0.1) is 10.6 Å². The number of hydrogen-bond acceptors (Lipinski definition) is 3. The third-order valence-corrected chi connectivity index (χ3v) is 2.74. The Labute approximate surface area is 114 Å². The minimum absolute atomic E-state index is 0.306. The minimum Gasteiger partial charge on any atom is -0.322 e. The molecular weight excluding hydrogens is 273 g/mol. The van der Waals surface area contributed by atoms with Crippen LogP contribution in [0.25, 0.3) is 0 Å². The normalized spacial score (nSPS) is 10.2. The van der Waals surface area contributed by atoms with E-state index >= 15 is 0 Å². The predicted molar refractivity (Wildman–Crippen MR) is 71.2 cm³/mol. The van der Waals surface area contributed by atoms with Crippen LogP contribution in [0.15, 0.2) is 30.6 Å². The van der Waals surface area contributed by atoms with Crippen molar-refractivity contribution in [2.75, 3.05) is 5.32 Å². The molecule has 92 valence electrons. The first-order valence-corrected chi connectivity index (χ1v) is 5.87. The van der Waals surface area contributed by atoms with E-state index in [2.05, 4.69) is 15.3 Å². The first kappa shape index (κ1) is 12.8. The summed E-state index contributed by atoms with van der Waals surface area (Å²) in [6.45, 7) is 1.80. The highest BCUT2D eigenvalue weighted by Gasteiger charge is 2.11. The van der Waals surface area contributed by atoms with E-state index in [-0.39, 0.29) is 5.91 Å². The monoisotopic (exact) mass is 281 g/mol. The van der Waals surface area contributed by atoms with E-state index in [4.69, 9.17) is 23.2 Å². The number of carbonyl (C=O) groups excluding carboxylic acids is 1. The molecule has 0 bridgehead atoms. The van der Waals surface area contributed by atoms with E-state index in [1.165, 1.54) is 12.4 Å². The summed E-state index contributed by atoms with van der Waals surface area (Å²) in [6, 6.07) is 4.82. The van der Waals surface area contributed by atoms with Crippen LogP contribution in [0.2, 0.25) is 10.2 Å². The highest BCUT2D eigenvalue weighted by molar-refractivity contribution is 6.34. The van der Waals surface area contributed by atoms with Gasteiger partial charge in [-0.15, -0.1) is 0 Å². The molecule has 0 aliphatic heterocycles. The van der Waals surface area contributed by atoms with Gasteiger partial charge in [0.25, 0.3) is 5.91 Å². The Balaban J connectivity index is 2.22. The number of aromatic nitrogens is 2. The number of rotatable bonds is 2. The van der Waals surface area contributed by atoms with E-state index in [0.717, 1.165) is 5.69 Å². The summed E-state index contributed by atoms with van der Waals surface area (Å²) in [7, 11) is 0. The summed E-state index contributed by atoms with van der Waals surface area (Å²) in [5, 5.41) is 3.34. The summed E-state index contributed by atoms with van der Waals surface area (Å²) in [5.41, 5.74) is 1.62. The largest absolute Gasteiger partial charge is 0.322 e. The van der Waals surface area contributed by atoms with Crippen molar-refractivity contribution in [3.63, 3.8) is 0 Å². The van der Waals surface area contributed by atoms with Crippen LogP contribution in [-0.4, -0.2) is 15.9 Å². The summed E-state index contributed by atoms with van der Waals surface area (Å²) >= 11 is 11.7. The van der Waals surface area contributed by atoms with Gasteiger partial charge in [-0.3, -0.25) is 9.78 Å². The first-order chi connectivity index (χ1) is 8.56. The molecule has 0 aliphatic rings. The molecule has 0 aromatic carbocycles. The van der Waals surface area contributed by atoms with Gasteiger partial charge in [0.2, 0.25) is 0 Å². The van der Waals surface area contributed by atoms with Gasteiger partial charge in [-0.1, -0.05) is 23.2 Å². The Morgan fingerprint density at radius 2 is 2.06 bits per heavy atom. The number of hydrogen-bond donors (Lipinski definition) is 1. The maximum absolute atomic E-state index is 12.0. The molecule has 0 unspecified atom stereocenters. The zero-order valence-corrected chi connectivity index (χ0v) is 11.0. The smallest absolute Gasteiger partial charge is 0.258 e. The number of nitrogens with zero attached hydrogens (tertiary/aromatic N) is 2. The molecule has 2 aromatic heterocycles. The van der Waals surface area contributed by atoms with E-state index in [0.29, 0.717) is 21.4 Å². The van der Waals surface area contributed by atoms with Crippen molar-refractivity contribution in [2.24, 2.45) is 0 Å². The molecule has 0 radical (unpaired) electrons. The van der Waals surface area contributed by atoms with Crippen molar-refractivity contribution >= 4 is 34.8 Å². The van der Waals surface area contributed by atoms with Crippen LogP contribution in [-0.2, 0) is 0 Å². The number of amides is 1. The number of nitrogens with one attached hydrogen (secondary N) is 1. The van der Waals surface area contributed by atoms with Crippen LogP contribution in [0, 0.1) is 6.92 Å². The SMILES string of the molecule is Cc1cc(Cl)c(C(=O)Nc2ccnc(Cl)c2)cn1. The van der Waals surface area contributed by atoms with Crippen molar-refractivity contribution in [1.82, 2.24) is 9.97 Å². The molecule has 6 heteroatoms. The predicted octanol–water partition coefficient (Wildman–Crippen LogP) is 3.34. The van der Waals surface area contributed by atoms with Crippen LogP contribution in [0.3, 0.4) is 0 Å². The van der Waals surface area contributed by atoms with Gasteiger partial charge < -0.3 is 5.32 Å². The molecule has 0 aliphatic carbocycles. The molecule has 0 atom stereocenters. The lowest BCUT2D eigenvalue weighted by Gasteiger charge is -2.06. The van der Waals surface area contributed by atoms with E-state index in [9.17, 15) is 4.79 Å². The number of anilines is 1. The number of carbonyl (C=O) groups is 1. The third-order valence-electron chi connectivity index (χ3n) is 2.22. The van der Waals surface area contributed by atoms with Gasteiger partial charge in [-0.25, -0.2) is 4.98 Å². The van der Waals surface area contributed by atoms with Gasteiger partial charge in [-0.05, 0) is 25.1 Å². The molecule has 18 heavy (non-hydrogen) atoms. The Morgan fingerprint density at radius 1 is 1.28 bits per heavy atom. The number of aryl methyl sites for hydroxylation is 1. The van der Waals surface area contributed by atoms with Gasteiger partial charge in [0.1, 0.15) is 5.15 Å². The maximum atomic E-state index is 12.0. The Hall–Kier alpha value is -1.65. The quantitative estimate of drug-likeness (QED) is 0.859. The fourth-order valence-electron chi connectivity index (χ4n) is 1.37. The summed E-state index contributed by atoms with van der Waals surface area (Å²) < 4.78 is 0. The highest BCUT2D eigenvalue weighted by atomic mass is 35.5. The standard InChI is InChI=1S/C12H9Cl2N3O/c1-7-4-10(13)9(6-16-7)12(18)17-8-2-3-15-11(14)5-8/h2-6H,1H3,(H,15,17,18). The van der Waals surface area contributed by atoms with Gasteiger partial charge in [-0.2, -0.15) is 0 Å². The Kier molecular flexibility index (Phi) is 3.79. The molecule has 0 fully saturated rings. The van der Waals surface area contributed by atoms with Crippen molar-refractivity contribution in [2.45, 2.75) is 6.92 Å². The van der Waals surface area contributed by atoms with Gasteiger partial charge >= 0.3 is 0 Å². The zero-order valence-electron chi connectivity index (χ0n) is 9.45. The molecular formula is C12H9Cl2N3O. The summed E-state index contributed by atoms with van der Waals surface area (Å²) in [6.07, 6.45) is 2.95.